The predicted octanol–water partition coefficient (Wildman–Crippen LogP) is 7.49. The van der Waals surface area contributed by atoms with E-state index in [-0.39, 0.29) is 71.8 Å². The average molecular weight is 1070 g/mol. The first kappa shape index (κ1) is 55.9. The molecule has 1 unspecified atom stereocenters. The smallest absolute Gasteiger partial charge is 0.404 e. The SMILES string of the molecule is CCC(C)C[C@H](NC(=O)[C@H](CC(C)C)NCCNC(=O)CCCCCN1C(=O)C=CC1=O)C(=O)Nc1ccc(C(=O)Nc2ccc3[nH]c(C(=O)N4C[C@@H](CCl)c5c4cc(OP(=O)(O)O)c4ccccc54)cc3c2)cc1. The van der Waals surface area contributed by atoms with Gasteiger partial charge in [-0.15, -0.1) is 11.6 Å². The van der Waals surface area contributed by atoms with Crippen LogP contribution in [0.5, 0.6) is 5.75 Å². The highest BCUT2D eigenvalue weighted by atomic mass is 35.5. The Morgan fingerprint density at radius 2 is 1.53 bits per heavy atom. The maximum Gasteiger partial charge on any atom is 0.524 e. The van der Waals surface area contributed by atoms with Gasteiger partial charge in [0, 0.05) is 95.8 Å². The number of imide groups is 1. The molecular formula is C54H64ClN8O11P. The Bertz CT molecular complexity index is 3010. The number of halogens is 1. The lowest BCUT2D eigenvalue weighted by atomic mass is 9.95. The third kappa shape index (κ3) is 14.5. The van der Waals surface area contributed by atoms with Gasteiger partial charge in [-0.05, 0) is 97.0 Å². The molecule has 2 aliphatic rings. The van der Waals surface area contributed by atoms with E-state index in [1.165, 1.54) is 28.0 Å². The highest BCUT2D eigenvalue weighted by Crippen LogP contribution is 2.49. The molecule has 7 amide bonds. The number of hydrogen-bond donors (Lipinski definition) is 8. The minimum absolute atomic E-state index is 0.0676. The Morgan fingerprint density at radius 3 is 2.21 bits per heavy atom. The van der Waals surface area contributed by atoms with Gasteiger partial charge in [-0.25, -0.2) is 4.57 Å². The van der Waals surface area contributed by atoms with Crippen molar-refractivity contribution >= 4 is 99.5 Å². The van der Waals surface area contributed by atoms with Crippen LogP contribution >= 0.6 is 19.4 Å². The number of benzene rings is 4. The first-order valence-corrected chi connectivity index (χ1v) is 27.3. The fourth-order valence-electron chi connectivity index (χ4n) is 9.29. The van der Waals surface area contributed by atoms with Crippen LogP contribution in [0.4, 0.5) is 17.1 Å². The van der Waals surface area contributed by atoms with Crippen molar-refractivity contribution in [2.24, 2.45) is 11.8 Å². The molecule has 0 bridgehead atoms. The number of carbonyl (C=O) groups is 7. The van der Waals surface area contributed by atoms with Crippen molar-refractivity contribution in [1.82, 2.24) is 25.8 Å². The van der Waals surface area contributed by atoms with Crippen LogP contribution < -0.4 is 36.0 Å². The normalized spacial score (nSPS) is 15.5. The number of phosphoric ester groups is 1. The number of alkyl halides is 1. The summed E-state index contributed by atoms with van der Waals surface area (Å²) in [6.45, 7) is 9.15. The third-order valence-electron chi connectivity index (χ3n) is 13.3. The van der Waals surface area contributed by atoms with E-state index in [1.54, 1.807) is 72.8 Å². The number of amides is 7. The van der Waals surface area contributed by atoms with Crippen molar-refractivity contribution in [1.29, 1.82) is 0 Å². The van der Waals surface area contributed by atoms with E-state index in [0.29, 0.717) is 95.9 Å². The highest BCUT2D eigenvalue weighted by Gasteiger charge is 2.37. The van der Waals surface area contributed by atoms with Crippen molar-refractivity contribution < 1.29 is 52.4 Å². The second-order valence-corrected chi connectivity index (χ2v) is 20.9. The molecule has 4 aromatic carbocycles. The van der Waals surface area contributed by atoms with Crippen LogP contribution in [-0.2, 0) is 28.5 Å². The molecule has 8 N–H and O–H groups in total. The van der Waals surface area contributed by atoms with Crippen LogP contribution in [0.1, 0.15) is 105 Å². The summed E-state index contributed by atoms with van der Waals surface area (Å²) in [5.41, 5.74) is 3.24. The summed E-state index contributed by atoms with van der Waals surface area (Å²) in [6.07, 6.45) is 6.34. The van der Waals surface area contributed by atoms with E-state index in [1.807, 2.05) is 27.7 Å². The number of aromatic nitrogens is 1. The van der Waals surface area contributed by atoms with Crippen molar-refractivity contribution in [2.75, 3.05) is 47.6 Å². The Hall–Kier alpha value is -6.89. The van der Waals surface area contributed by atoms with Crippen molar-refractivity contribution in [3.63, 3.8) is 0 Å². The topological polar surface area (TPSA) is 269 Å². The van der Waals surface area contributed by atoms with Gasteiger partial charge < -0.3 is 41.0 Å². The monoisotopic (exact) mass is 1070 g/mol. The first-order valence-electron chi connectivity index (χ1n) is 25.2. The van der Waals surface area contributed by atoms with Crippen molar-refractivity contribution in [3.05, 3.63) is 108 Å². The minimum Gasteiger partial charge on any atom is -0.404 e. The number of nitrogens with zero attached hydrogens (tertiary/aromatic N) is 2. The van der Waals surface area contributed by atoms with Crippen LogP contribution in [0, 0.1) is 11.8 Å². The zero-order valence-electron chi connectivity index (χ0n) is 42.3. The number of H-pyrrole nitrogens is 1. The van der Waals surface area contributed by atoms with E-state index in [9.17, 15) is 47.9 Å². The van der Waals surface area contributed by atoms with E-state index in [0.717, 1.165) is 12.0 Å². The Labute approximate surface area is 439 Å². The summed E-state index contributed by atoms with van der Waals surface area (Å²) in [6, 6.07) is 20.1. The van der Waals surface area contributed by atoms with E-state index < -0.39 is 37.6 Å². The molecular weight excluding hydrogens is 1000 g/mol. The van der Waals surface area contributed by atoms with E-state index in [2.05, 4.69) is 31.6 Å². The summed E-state index contributed by atoms with van der Waals surface area (Å²) in [5, 5.41) is 16.6. The van der Waals surface area contributed by atoms with Gasteiger partial charge in [-0.1, -0.05) is 64.8 Å². The van der Waals surface area contributed by atoms with Gasteiger partial charge in [0.1, 0.15) is 17.5 Å². The summed E-state index contributed by atoms with van der Waals surface area (Å²) in [5.74, 6) is -2.24. The van der Waals surface area contributed by atoms with Crippen molar-refractivity contribution in [3.8, 4) is 5.75 Å². The summed E-state index contributed by atoms with van der Waals surface area (Å²) < 4.78 is 17.0. The summed E-state index contributed by atoms with van der Waals surface area (Å²) in [7, 11) is -4.94. The summed E-state index contributed by atoms with van der Waals surface area (Å²) in [4.78, 5) is 116. The molecule has 2 aliphatic heterocycles. The molecule has 0 saturated heterocycles. The molecule has 0 fully saturated rings. The number of rotatable bonds is 25. The highest BCUT2D eigenvalue weighted by molar-refractivity contribution is 7.46. The standard InChI is InChI=1S/C54H64ClN8O11P/c1-5-33(4)26-43(61-52(68)42(25-32(2)3)56-22-23-57-47(64)13-7-6-10-24-62-48(65)20-21-49(62)66)53(69)58-37-16-14-34(15-17-37)51(67)59-38-18-19-41-35(27-38)28-44(60-41)54(70)63-31-36(30-55)50-40-12-9-8-11-39(40)46(29-45(50)63)74-75(71,72)73/h8-9,11-12,14-21,27-29,32-33,36,42-43,56,60H,5-7,10,13,22-26,30-31H2,1-4H3,(H,57,64)(H,58,69)(H,59,67)(H,61,68)(H2,71,72,73)/t33?,36-,42+,43+/m1/s1. The molecule has 0 spiro atoms. The number of nitrogens with one attached hydrogen (secondary N) is 6. The molecule has 0 saturated carbocycles. The first-order chi connectivity index (χ1) is 35.8. The van der Waals surface area contributed by atoms with Gasteiger partial charge in [-0.2, -0.15) is 0 Å². The van der Waals surface area contributed by atoms with Crippen LogP contribution in [0.25, 0.3) is 21.7 Å². The van der Waals surface area contributed by atoms with Crippen LogP contribution in [0.2, 0.25) is 0 Å². The average Bonchev–Trinajstić information content (AvgIpc) is 4.09. The lowest BCUT2D eigenvalue weighted by molar-refractivity contribution is -0.137. The Morgan fingerprint density at radius 1 is 0.827 bits per heavy atom. The maximum atomic E-state index is 14.2. The van der Waals surface area contributed by atoms with Gasteiger partial charge in [0.15, 0.2) is 0 Å². The predicted molar refractivity (Wildman–Crippen MR) is 288 cm³/mol. The number of fused-ring (bicyclic) bond motifs is 4. The maximum absolute atomic E-state index is 14.2. The summed E-state index contributed by atoms with van der Waals surface area (Å²) >= 11 is 6.42. The number of anilines is 3. The number of unbranched alkanes of at least 4 members (excludes halogenated alkanes) is 2. The van der Waals surface area contributed by atoms with Gasteiger partial charge in [0.05, 0.1) is 11.7 Å². The molecule has 0 aliphatic carbocycles. The number of aromatic amines is 1. The molecule has 21 heteroatoms. The molecule has 3 heterocycles. The van der Waals surface area contributed by atoms with Crippen LogP contribution in [-0.4, -0.2) is 105 Å². The minimum atomic E-state index is -4.94. The second kappa shape index (κ2) is 25.1. The fourth-order valence-corrected chi connectivity index (χ4v) is 9.95. The molecule has 398 valence electrons. The fraction of sp³-hybridized carbons (Fsp3) is 0.389. The largest absolute Gasteiger partial charge is 0.524 e. The molecule has 1 aromatic heterocycles. The zero-order valence-corrected chi connectivity index (χ0v) is 44.0. The van der Waals surface area contributed by atoms with Crippen LogP contribution in [0.3, 0.4) is 0 Å². The molecule has 5 aromatic rings. The van der Waals surface area contributed by atoms with Crippen molar-refractivity contribution in [2.45, 2.75) is 90.6 Å². The number of carbonyl (C=O) groups excluding carboxylic acids is 7. The number of phosphoric acid groups is 1. The van der Waals surface area contributed by atoms with E-state index >= 15 is 0 Å². The number of hydrogen-bond acceptors (Lipinski definition) is 10. The lowest BCUT2D eigenvalue weighted by Gasteiger charge is -2.26. The second-order valence-electron chi connectivity index (χ2n) is 19.5. The van der Waals surface area contributed by atoms with Gasteiger partial charge in [0.2, 0.25) is 17.7 Å². The molecule has 19 nitrogen and oxygen atoms in total. The van der Waals surface area contributed by atoms with Gasteiger partial charge in [0.25, 0.3) is 23.6 Å². The van der Waals surface area contributed by atoms with Gasteiger partial charge >= 0.3 is 7.82 Å². The zero-order chi connectivity index (χ0) is 54.0. The Balaban J connectivity index is 0.925. The van der Waals surface area contributed by atoms with Gasteiger partial charge in [-0.3, -0.25) is 48.2 Å². The molecule has 4 atom stereocenters. The quantitative estimate of drug-likeness (QED) is 0.0122. The molecule has 0 radical (unpaired) electrons. The lowest BCUT2D eigenvalue weighted by Crippen LogP contribution is -2.53. The molecule has 7 rings (SSSR count). The molecule has 75 heavy (non-hydrogen) atoms. The van der Waals surface area contributed by atoms with E-state index in [4.69, 9.17) is 16.1 Å². The van der Waals surface area contributed by atoms with Crippen LogP contribution in [0.15, 0.2) is 91.0 Å². The third-order valence-corrected chi connectivity index (χ3v) is 14.1. The Kier molecular flexibility index (Phi) is 18.7.